The third-order valence-electron chi connectivity index (χ3n) is 3.97. The molecule has 1 aromatic heterocycles. The molecule has 1 aliphatic rings. The van der Waals surface area contributed by atoms with Crippen LogP contribution in [-0.2, 0) is 11.2 Å². The molecule has 0 saturated heterocycles. The maximum atomic E-state index is 12.3. The summed E-state index contributed by atoms with van der Waals surface area (Å²) in [6.45, 7) is 2.21. The van der Waals surface area contributed by atoms with Gasteiger partial charge in [-0.3, -0.25) is 9.78 Å². The summed E-state index contributed by atoms with van der Waals surface area (Å²) in [5.74, 6) is 1.36. The van der Waals surface area contributed by atoms with Crippen molar-refractivity contribution >= 4 is 5.78 Å². The van der Waals surface area contributed by atoms with E-state index in [2.05, 4.69) is 11.9 Å². The lowest BCUT2D eigenvalue weighted by Crippen LogP contribution is -2.28. The van der Waals surface area contributed by atoms with Gasteiger partial charge < -0.3 is 0 Å². The van der Waals surface area contributed by atoms with E-state index in [1.54, 1.807) is 12.4 Å². The number of Topliss-reactive ketones (excluding diaryl/α,β-unsaturated/α-hetero) is 1. The number of nitrogens with zero attached hydrogens (tertiary/aromatic N) is 1. The Morgan fingerprint density at radius 2 is 2.00 bits per heavy atom. The number of hydrogen-bond acceptors (Lipinski definition) is 2. The first-order chi connectivity index (χ1) is 8.31. The SMILES string of the molecule is CCC1CCCCC1C(=O)Cc1ccncc1. The topological polar surface area (TPSA) is 30.0 Å². The molecule has 2 nitrogen and oxygen atoms in total. The first kappa shape index (κ1) is 12.3. The van der Waals surface area contributed by atoms with Crippen LogP contribution in [0, 0.1) is 11.8 Å². The molecule has 1 aromatic rings. The van der Waals surface area contributed by atoms with E-state index in [1.807, 2.05) is 12.1 Å². The van der Waals surface area contributed by atoms with Crippen molar-refractivity contribution in [3.05, 3.63) is 30.1 Å². The van der Waals surface area contributed by atoms with E-state index < -0.39 is 0 Å². The Kier molecular flexibility index (Phi) is 4.29. The van der Waals surface area contributed by atoms with Crippen LogP contribution in [0.2, 0.25) is 0 Å². The highest BCUT2D eigenvalue weighted by Gasteiger charge is 2.29. The molecule has 0 aliphatic heterocycles. The van der Waals surface area contributed by atoms with Crippen LogP contribution in [0.25, 0.3) is 0 Å². The fourth-order valence-corrected chi connectivity index (χ4v) is 2.95. The van der Waals surface area contributed by atoms with Crippen molar-refractivity contribution in [2.24, 2.45) is 11.8 Å². The van der Waals surface area contributed by atoms with Crippen molar-refractivity contribution in [3.8, 4) is 0 Å². The van der Waals surface area contributed by atoms with Gasteiger partial charge in [-0.05, 0) is 36.5 Å². The number of rotatable bonds is 4. The molecule has 0 bridgehead atoms. The van der Waals surface area contributed by atoms with Crippen molar-refractivity contribution in [3.63, 3.8) is 0 Å². The van der Waals surface area contributed by atoms with Crippen LogP contribution in [-0.4, -0.2) is 10.8 Å². The van der Waals surface area contributed by atoms with Crippen LogP contribution in [0.3, 0.4) is 0 Å². The second-order valence-electron chi connectivity index (χ2n) is 5.06. The Bertz CT molecular complexity index is 360. The Morgan fingerprint density at radius 1 is 1.29 bits per heavy atom. The maximum Gasteiger partial charge on any atom is 0.140 e. The summed E-state index contributed by atoms with van der Waals surface area (Å²) in [5.41, 5.74) is 1.10. The number of pyridine rings is 1. The third-order valence-corrected chi connectivity index (χ3v) is 3.97. The molecule has 1 heterocycles. The van der Waals surface area contributed by atoms with Crippen LogP contribution >= 0.6 is 0 Å². The Labute approximate surface area is 103 Å². The van der Waals surface area contributed by atoms with Gasteiger partial charge in [0.05, 0.1) is 0 Å². The van der Waals surface area contributed by atoms with Gasteiger partial charge in [0.1, 0.15) is 5.78 Å². The molecular formula is C15H21NO. The normalized spacial score (nSPS) is 24.5. The Balaban J connectivity index is 1.99. The first-order valence-corrected chi connectivity index (χ1v) is 6.73. The molecule has 0 aromatic carbocycles. The summed E-state index contributed by atoms with van der Waals surface area (Å²) in [5, 5.41) is 0. The van der Waals surface area contributed by atoms with Crippen LogP contribution in [0.15, 0.2) is 24.5 Å². The monoisotopic (exact) mass is 231 g/mol. The first-order valence-electron chi connectivity index (χ1n) is 6.73. The van der Waals surface area contributed by atoms with Gasteiger partial charge in [-0.15, -0.1) is 0 Å². The summed E-state index contributed by atoms with van der Waals surface area (Å²) < 4.78 is 0. The number of ketones is 1. The largest absolute Gasteiger partial charge is 0.299 e. The van der Waals surface area contributed by atoms with E-state index in [0.717, 1.165) is 18.4 Å². The van der Waals surface area contributed by atoms with Crippen molar-refractivity contribution in [1.29, 1.82) is 0 Å². The van der Waals surface area contributed by atoms with Gasteiger partial charge in [0.2, 0.25) is 0 Å². The van der Waals surface area contributed by atoms with Crippen LogP contribution < -0.4 is 0 Å². The van der Waals surface area contributed by atoms with Gasteiger partial charge in [0.15, 0.2) is 0 Å². The van der Waals surface area contributed by atoms with Gasteiger partial charge in [-0.2, -0.15) is 0 Å². The Hall–Kier alpha value is -1.18. The molecule has 17 heavy (non-hydrogen) atoms. The lowest BCUT2D eigenvalue weighted by Gasteiger charge is -2.29. The summed E-state index contributed by atoms with van der Waals surface area (Å²) >= 11 is 0. The standard InChI is InChI=1S/C15H21NO/c1-2-13-5-3-4-6-14(13)15(17)11-12-7-9-16-10-8-12/h7-10,13-14H,2-6,11H2,1H3. The highest BCUT2D eigenvalue weighted by molar-refractivity contribution is 5.83. The van der Waals surface area contributed by atoms with Crippen molar-refractivity contribution in [1.82, 2.24) is 4.98 Å². The lowest BCUT2D eigenvalue weighted by molar-refractivity contribution is -0.125. The second kappa shape index (κ2) is 5.95. The lowest BCUT2D eigenvalue weighted by atomic mass is 9.74. The van der Waals surface area contributed by atoms with Gasteiger partial charge in [-0.25, -0.2) is 0 Å². The van der Waals surface area contributed by atoms with Crippen molar-refractivity contribution < 1.29 is 4.79 Å². The highest BCUT2D eigenvalue weighted by Crippen LogP contribution is 2.33. The Morgan fingerprint density at radius 3 is 2.71 bits per heavy atom. The molecule has 92 valence electrons. The smallest absolute Gasteiger partial charge is 0.140 e. The molecule has 2 atom stereocenters. The molecule has 1 fully saturated rings. The van der Waals surface area contributed by atoms with Gasteiger partial charge in [0, 0.05) is 24.7 Å². The predicted molar refractivity (Wildman–Crippen MR) is 68.7 cm³/mol. The second-order valence-corrected chi connectivity index (χ2v) is 5.06. The van der Waals surface area contributed by atoms with Gasteiger partial charge in [0.25, 0.3) is 0 Å². The minimum atomic E-state index is 0.307. The fraction of sp³-hybridized carbons (Fsp3) is 0.600. The van der Waals surface area contributed by atoms with E-state index in [1.165, 1.54) is 19.3 Å². The fourth-order valence-electron chi connectivity index (χ4n) is 2.95. The van der Waals surface area contributed by atoms with E-state index in [4.69, 9.17) is 0 Å². The molecule has 0 N–H and O–H groups in total. The number of aromatic nitrogens is 1. The van der Waals surface area contributed by atoms with E-state index in [0.29, 0.717) is 24.0 Å². The van der Waals surface area contributed by atoms with E-state index >= 15 is 0 Å². The predicted octanol–water partition coefficient (Wildman–Crippen LogP) is 3.41. The quantitative estimate of drug-likeness (QED) is 0.794. The zero-order valence-electron chi connectivity index (χ0n) is 10.6. The maximum absolute atomic E-state index is 12.3. The summed E-state index contributed by atoms with van der Waals surface area (Å²) in [4.78, 5) is 16.3. The molecule has 1 saturated carbocycles. The average Bonchev–Trinajstić information content (AvgIpc) is 2.40. The molecule has 0 radical (unpaired) electrons. The van der Waals surface area contributed by atoms with E-state index in [-0.39, 0.29) is 0 Å². The van der Waals surface area contributed by atoms with Gasteiger partial charge in [-0.1, -0.05) is 26.2 Å². The zero-order chi connectivity index (χ0) is 12.1. The molecule has 0 amide bonds. The number of hydrogen-bond donors (Lipinski definition) is 0. The zero-order valence-corrected chi connectivity index (χ0v) is 10.6. The minimum absolute atomic E-state index is 0.307. The van der Waals surface area contributed by atoms with Gasteiger partial charge >= 0.3 is 0 Å². The van der Waals surface area contributed by atoms with Crippen molar-refractivity contribution in [2.45, 2.75) is 45.4 Å². The van der Waals surface area contributed by atoms with Crippen LogP contribution in [0.4, 0.5) is 0 Å². The summed E-state index contributed by atoms with van der Waals surface area (Å²) in [7, 11) is 0. The number of carbonyl (C=O) groups excluding carboxylic acids is 1. The molecule has 1 aliphatic carbocycles. The molecule has 2 rings (SSSR count). The third kappa shape index (κ3) is 3.15. The molecule has 0 spiro atoms. The molecular weight excluding hydrogens is 210 g/mol. The van der Waals surface area contributed by atoms with E-state index in [9.17, 15) is 4.79 Å². The van der Waals surface area contributed by atoms with Crippen LogP contribution in [0.5, 0.6) is 0 Å². The molecule has 2 unspecified atom stereocenters. The van der Waals surface area contributed by atoms with Crippen LogP contribution in [0.1, 0.15) is 44.6 Å². The average molecular weight is 231 g/mol. The highest BCUT2D eigenvalue weighted by atomic mass is 16.1. The minimum Gasteiger partial charge on any atom is -0.299 e. The number of carbonyl (C=O) groups is 1. The summed E-state index contributed by atoms with van der Waals surface area (Å²) in [6.07, 6.45) is 10.1. The summed E-state index contributed by atoms with van der Waals surface area (Å²) in [6, 6.07) is 3.89. The molecule has 2 heteroatoms. The van der Waals surface area contributed by atoms with Crippen molar-refractivity contribution in [2.75, 3.05) is 0 Å².